The number of carbonyl (C=O) groups excluding carboxylic acids is 2. The van der Waals surface area contributed by atoms with Gasteiger partial charge in [0, 0.05) is 6.42 Å². The lowest BCUT2D eigenvalue weighted by atomic mass is 10.1. The van der Waals surface area contributed by atoms with E-state index in [1.165, 1.54) is 6.92 Å². The number of hydrogen-bond donors (Lipinski definition) is 2. The Kier molecular flexibility index (Phi) is 6.06. The first-order valence-electron chi connectivity index (χ1n) is 6.18. The number of alkyl halides is 3. The summed E-state index contributed by atoms with van der Waals surface area (Å²) in [4.78, 5) is 25.7. The number of esters is 1. The van der Waals surface area contributed by atoms with E-state index < -0.39 is 23.7 Å². The predicted octanol–water partition coefficient (Wildman–Crippen LogP) is 2.18. The van der Waals surface area contributed by atoms with Gasteiger partial charge in [0.25, 0.3) is 5.82 Å². The quantitative estimate of drug-likeness (QED) is 0.611. The van der Waals surface area contributed by atoms with Gasteiger partial charge in [-0.25, -0.2) is 15.1 Å². The number of aromatic amines is 1. The van der Waals surface area contributed by atoms with E-state index in [-0.39, 0.29) is 22.3 Å². The van der Waals surface area contributed by atoms with Crippen LogP contribution >= 0.6 is 23.2 Å². The van der Waals surface area contributed by atoms with E-state index in [9.17, 15) is 22.8 Å². The number of halogens is 5. The topological polar surface area (TPSA) is 81.6 Å². The molecule has 0 aliphatic rings. The summed E-state index contributed by atoms with van der Waals surface area (Å²) >= 11 is 11.4. The van der Waals surface area contributed by atoms with Crippen LogP contribution in [0.3, 0.4) is 0 Å². The molecule has 0 aliphatic carbocycles. The molecule has 0 spiro atoms. The van der Waals surface area contributed by atoms with Crippen LogP contribution in [0.25, 0.3) is 0 Å². The van der Waals surface area contributed by atoms with Crippen molar-refractivity contribution in [3.05, 3.63) is 22.3 Å². The van der Waals surface area contributed by atoms with E-state index in [4.69, 9.17) is 23.2 Å². The van der Waals surface area contributed by atoms with Gasteiger partial charge in [-0.1, -0.05) is 30.1 Å². The SMILES string of the molecule is CCC(=O)N[C@@](Nc1[nH+]cc(Cl)cc1Cl)(C(=O)OC)C(F)(F)F. The number of methoxy groups -OCH3 is 1. The normalized spacial score (nSPS) is 13.9. The second-order valence-electron chi connectivity index (χ2n) is 4.31. The number of hydrogen-bond acceptors (Lipinski definition) is 4. The highest BCUT2D eigenvalue weighted by atomic mass is 35.5. The highest BCUT2D eigenvalue weighted by molar-refractivity contribution is 6.35. The number of anilines is 1. The average Bonchev–Trinajstić information content (AvgIpc) is 2.46. The fourth-order valence-electron chi connectivity index (χ4n) is 1.57. The number of pyridine rings is 1. The zero-order valence-electron chi connectivity index (χ0n) is 12.0. The van der Waals surface area contributed by atoms with Crippen molar-refractivity contribution in [2.24, 2.45) is 0 Å². The van der Waals surface area contributed by atoms with Crippen LogP contribution in [0, 0.1) is 0 Å². The number of amides is 1. The first-order chi connectivity index (χ1) is 10.6. The van der Waals surface area contributed by atoms with Crippen molar-refractivity contribution in [2.45, 2.75) is 25.2 Å². The molecule has 0 radical (unpaired) electrons. The van der Waals surface area contributed by atoms with Gasteiger partial charge in [-0.05, 0) is 6.07 Å². The summed E-state index contributed by atoms with van der Waals surface area (Å²) in [6, 6.07) is 1.15. The van der Waals surface area contributed by atoms with Gasteiger partial charge in [0.1, 0.15) is 11.2 Å². The van der Waals surface area contributed by atoms with Gasteiger partial charge in [-0.15, -0.1) is 0 Å². The number of aromatic nitrogens is 1. The second-order valence-corrected chi connectivity index (χ2v) is 5.15. The van der Waals surface area contributed by atoms with Crippen LogP contribution in [0.15, 0.2) is 12.3 Å². The van der Waals surface area contributed by atoms with E-state index in [0.29, 0.717) is 0 Å². The molecule has 1 amide bonds. The number of H-pyrrole nitrogens is 1. The summed E-state index contributed by atoms with van der Waals surface area (Å²) in [5.74, 6) is -3.16. The molecule has 128 valence electrons. The minimum Gasteiger partial charge on any atom is -0.464 e. The zero-order chi connectivity index (χ0) is 17.8. The van der Waals surface area contributed by atoms with Gasteiger partial charge in [0.15, 0.2) is 0 Å². The fourth-order valence-corrected chi connectivity index (χ4v) is 2.01. The molecule has 1 heterocycles. The molecule has 1 atom stereocenters. The molecule has 0 fully saturated rings. The summed E-state index contributed by atoms with van der Waals surface area (Å²) in [6.45, 7) is 1.33. The van der Waals surface area contributed by atoms with Crippen molar-refractivity contribution < 1.29 is 32.5 Å². The van der Waals surface area contributed by atoms with Crippen LogP contribution in [-0.4, -0.2) is 30.8 Å². The van der Waals surface area contributed by atoms with Gasteiger partial charge >= 0.3 is 17.8 Å². The molecular weight excluding hydrogens is 362 g/mol. The maximum Gasteiger partial charge on any atom is 0.464 e. The third-order valence-electron chi connectivity index (χ3n) is 2.74. The van der Waals surface area contributed by atoms with E-state index in [2.05, 4.69) is 9.72 Å². The highest BCUT2D eigenvalue weighted by Crippen LogP contribution is 2.34. The van der Waals surface area contributed by atoms with Crippen molar-refractivity contribution >= 4 is 40.9 Å². The molecule has 1 aromatic rings. The average molecular weight is 375 g/mol. The van der Waals surface area contributed by atoms with Gasteiger partial charge < -0.3 is 4.74 Å². The maximum atomic E-state index is 13.5. The summed E-state index contributed by atoms with van der Waals surface area (Å²) in [5.41, 5.74) is -3.51. The first kappa shape index (κ1) is 19.3. The minimum atomic E-state index is -5.22. The van der Waals surface area contributed by atoms with Crippen LogP contribution in [0.5, 0.6) is 0 Å². The lowest BCUT2D eigenvalue weighted by Crippen LogP contribution is -2.69. The minimum absolute atomic E-state index is 0.133. The highest BCUT2D eigenvalue weighted by Gasteiger charge is 2.67. The largest absolute Gasteiger partial charge is 0.464 e. The van der Waals surface area contributed by atoms with Crippen LogP contribution in [0.2, 0.25) is 10.0 Å². The molecular formula is C12H13Cl2F3N3O3+. The first-order valence-corrected chi connectivity index (χ1v) is 6.94. The smallest absolute Gasteiger partial charge is 0.464 e. The van der Waals surface area contributed by atoms with Gasteiger partial charge in [0.2, 0.25) is 5.91 Å². The molecule has 0 aliphatic heterocycles. The Labute approximate surface area is 139 Å². The number of carbonyl (C=O) groups is 2. The van der Waals surface area contributed by atoms with Crippen molar-refractivity contribution in [2.75, 3.05) is 12.4 Å². The fraction of sp³-hybridized carbons (Fsp3) is 0.417. The Balaban J connectivity index is 3.42. The number of rotatable bonds is 5. The monoisotopic (exact) mass is 374 g/mol. The van der Waals surface area contributed by atoms with Gasteiger partial charge in [-0.2, -0.15) is 13.2 Å². The molecule has 3 N–H and O–H groups in total. The van der Waals surface area contributed by atoms with Crippen molar-refractivity contribution in [1.29, 1.82) is 0 Å². The summed E-state index contributed by atoms with van der Waals surface area (Å²) in [7, 11) is 0.760. The lowest BCUT2D eigenvalue weighted by molar-refractivity contribution is -0.362. The number of nitrogens with one attached hydrogen (secondary N) is 3. The van der Waals surface area contributed by atoms with Crippen LogP contribution in [-0.2, 0) is 14.3 Å². The van der Waals surface area contributed by atoms with Crippen LogP contribution in [0.4, 0.5) is 19.0 Å². The lowest BCUT2D eigenvalue weighted by Gasteiger charge is -2.30. The van der Waals surface area contributed by atoms with E-state index in [1.54, 1.807) is 5.32 Å². The molecule has 1 rings (SSSR count). The van der Waals surface area contributed by atoms with E-state index in [0.717, 1.165) is 19.4 Å². The van der Waals surface area contributed by atoms with Crippen LogP contribution in [0.1, 0.15) is 13.3 Å². The molecule has 0 bridgehead atoms. The Bertz CT molecular complexity index is 613. The van der Waals surface area contributed by atoms with E-state index >= 15 is 0 Å². The third-order valence-corrected chi connectivity index (χ3v) is 3.25. The molecule has 1 aromatic heterocycles. The van der Waals surface area contributed by atoms with Crippen molar-refractivity contribution in [3.8, 4) is 0 Å². The molecule has 0 saturated heterocycles. The molecule has 11 heteroatoms. The van der Waals surface area contributed by atoms with Crippen LogP contribution < -0.4 is 15.6 Å². The second kappa shape index (κ2) is 7.22. The third kappa shape index (κ3) is 4.17. The summed E-state index contributed by atoms with van der Waals surface area (Å²) in [5, 5.41) is 3.38. The Morgan fingerprint density at radius 3 is 2.39 bits per heavy atom. The molecule has 6 nitrogen and oxygen atoms in total. The Morgan fingerprint density at radius 1 is 1.35 bits per heavy atom. The molecule has 23 heavy (non-hydrogen) atoms. The predicted molar refractivity (Wildman–Crippen MR) is 75.9 cm³/mol. The van der Waals surface area contributed by atoms with Gasteiger partial charge in [0.05, 0.1) is 12.1 Å². The van der Waals surface area contributed by atoms with E-state index in [1.807, 2.05) is 5.32 Å². The zero-order valence-corrected chi connectivity index (χ0v) is 13.5. The maximum absolute atomic E-state index is 13.5. The van der Waals surface area contributed by atoms with Crippen molar-refractivity contribution in [3.63, 3.8) is 0 Å². The van der Waals surface area contributed by atoms with Crippen molar-refractivity contribution in [1.82, 2.24) is 5.32 Å². The molecule has 0 unspecified atom stereocenters. The number of ether oxygens (including phenoxy) is 1. The molecule has 0 aromatic carbocycles. The summed E-state index contributed by atoms with van der Waals surface area (Å²) < 4.78 is 44.8. The Hall–Kier alpha value is -1.74. The summed E-state index contributed by atoms with van der Waals surface area (Å²) in [6.07, 6.45) is -4.36. The molecule has 0 saturated carbocycles. The Morgan fingerprint density at radius 2 is 1.96 bits per heavy atom. The van der Waals surface area contributed by atoms with Gasteiger partial charge in [-0.3, -0.25) is 10.1 Å². The standard InChI is InChI=1S/C12H12Cl2F3N3O3/c1-3-8(21)19-11(10(22)23-2,12(15,16)17)20-9-7(14)4-6(13)5-18-9/h4-5H,3H2,1-2H3,(H,18,20)(H,19,21)/p+1/t11-/m1/s1.